The number of fused-ring (bicyclic) bond motifs is 1. The SMILES string of the molecule is COC(=O)CCN(C)Cc1ccc2[nH]c(=O)[nH]c2c1. The van der Waals surface area contributed by atoms with Gasteiger partial charge in [-0.1, -0.05) is 6.07 Å². The summed E-state index contributed by atoms with van der Waals surface area (Å²) in [6.07, 6.45) is 0.371. The summed E-state index contributed by atoms with van der Waals surface area (Å²) in [5.74, 6) is -0.211. The lowest BCUT2D eigenvalue weighted by Crippen LogP contribution is -2.21. The zero-order valence-corrected chi connectivity index (χ0v) is 11.0. The van der Waals surface area contributed by atoms with Gasteiger partial charge in [0, 0.05) is 13.1 Å². The second kappa shape index (κ2) is 5.71. The maximum atomic E-state index is 11.2. The van der Waals surface area contributed by atoms with Crippen molar-refractivity contribution < 1.29 is 9.53 Å². The summed E-state index contributed by atoms with van der Waals surface area (Å²) in [5, 5.41) is 0. The van der Waals surface area contributed by atoms with Gasteiger partial charge < -0.3 is 19.6 Å². The molecule has 0 amide bonds. The predicted octanol–water partition coefficient (Wildman–Crippen LogP) is 0.851. The summed E-state index contributed by atoms with van der Waals surface area (Å²) >= 11 is 0. The molecular formula is C13H17N3O3. The van der Waals surface area contributed by atoms with Crippen LogP contribution in [0.1, 0.15) is 12.0 Å². The van der Waals surface area contributed by atoms with Crippen molar-refractivity contribution in [2.24, 2.45) is 0 Å². The number of H-pyrrole nitrogens is 2. The maximum Gasteiger partial charge on any atom is 0.323 e. The molecule has 0 aliphatic rings. The third-order valence-corrected chi connectivity index (χ3v) is 2.96. The van der Waals surface area contributed by atoms with Crippen LogP contribution in [0.4, 0.5) is 0 Å². The lowest BCUT2D eigenvalue weighted by molar-refractivity contribution is -0.140. The van der Waals surface area contributed by atoms with E-state index in [1.165, 1.54) is 7.11 Å². The molecule has 0 saturated heterocycles. The van der Waals surface area contributed by atoms with Gasteiger partial charge in [-0.05, 0) is 24.7 Å². The number of aromatic amines is 2. The molecule has 0 bridgehead atoms. The van der Waals surface area contributed by atoms with E-state index in [1.807, 2.05) is 30.1 Å². The van der Waals surface area contributed by atoms with Gasteiger partial charge >= 0.3 is 11.7 Å². The second-order valence-electron chi connectivity index (χ2n) is 4.52. The summed E-state index contributed by atoms with van der Waals surface area (Å²) in [4.78, 5) is 29.7. The highest BCUT2D eigenvalue weighted by atomic mass is 16.5. The molecule has 0 saturated carbocycles. The van der Waals surface area contributed by atoms with E-state index in [1.54, 1.807) is 0 Å². The molecule has 1 heterocycles. The van der Waals surface area contributed by atoms with Gasteiger partial charge in [-0.2, -0.15) is 0 Å². The van der Waals surface area contributed by atoms with Gasteiger partial charge in [-0.3, -0.25) is 4.79 Å². The average molecular weight is 263 g/mol. The number of nitrogens with one attached hydrogen (secondary N) is 2. The standard InChI is InChI=1S/C13H17N3O3/c1-16(6-5-12(17)19-2)8-9-3-4-10-11(7-9)15-13(18)14-10/h3-4,7H,5-6,8H2,1-2H3,(H2,14,15,18). The van der Waals surface area contributed by atoms with Crippen LogP contribution in [0.15, 0.2) is 23.0 Å². The molecule has 0 aliphatic heterocycles. The number of nitrogens with zero attached hydrogens (tertiary/aromatic N) is 1. The Kier molecular flexibility index (Phi) is 4.01. The molecule has 2 N–H and O–H groups in total. The van der Waals surface area contributed by atoms with E-state index >= 15 is 0 Å². The van der Waals surface area contributed by atoms with E-state index in [0.29, 0.717) is 19.5 Å². The van der Waals surface area contributed by atoms with Crippen LogP contribution >= 0.6 is 0 Å². The van der Waals surface area contributed by atoms with Crippen LogP contribution in [0, 0.1) is 0 Å². The van der Waals surface area contributed by atoms with Crippen LogP contribution in [-0.2, 0) is 16.1 Å². The van der Waals surface area contributed by atoms with E-state index in [9.17, 15) is 9.59 Å². The van der Waals surface area contributed by atoms with Gasteiger partial charge in [0.15, 0.2) is 0 Å². The fourth-order valence-corrected chi connectivity index (χ4v) is 1.95. The molecule has 0 radical (unpaired) electrons. The lowest BCUT2D eigenvalue weighted by Gasteiger charge is -2.15. The van der Waals surface area contributed by atoms with Gasteiger partial charge in [0.25, 0.3) is 0 Å². The number of imidazole rings is 1. The molecule has 19 heavy (non-hydrogen) atoms. The number of carbonyl (C=O) groups is 1. The summed E-state index contributed by atoms with van der Waals surface area (Å²) in [6, 6.07) is 5.76. The van der Waals surface area contributed by atoms with Gasteiger partial charge in [-0.15, -0.1) is 0 Å². The van der Waals surface area contributed by atoms with Gasteiger partial charge in [0.1, 0.15) is 0 Å². The minimum absolute atomic E-state index is 0.203. The highest BCUT2D eigenvalue weighted by Crippen LogP contribution is 2.11. The van der Waals surface area contributed by atoms with Gasteiger partial charge in [0.05, 0.1) is 24.6 Å². The molecule has 6 heteroatoms. The van der Waals surface area contributed by atoms with Crippen LogP contribution in [0.3, 0.4) is 0 Å². The molecule has 102 valence electrons. The fourth-order valence-electron chi connectivity index (χ4n) is 1.95. The molecule has 0 fully saturated rings. The number of esters is 1. The molecule has 0 unspecified atom stereocenters. The normalized spacial score (nSPS) is 11.1. The van der Waals surface area contributed by atoms with Crippen molar-refractivity contribution in [2.45, 2.75) is 13.0 Å². The molecular weight excluding hydrogens is 246 g/mol. The van der Waals surface area contributed by atoms with Crippen LogP contribution < -0.4 is 5.69 Å². The van der Waals surface area contributed by atoms with E-state index in [-0.39, 0.29) is 11.7 Å². The number of hydrogen-bond donors (Lipinski definition) is 2. The predicted molar refractivity (Wildman–Crippen MR) is 71.9 cm³/mol. The average Bonchev–Trinajstić information content (AvgIpc) is 2.75. The van der Waals surface area contributed by atoms with Gasteiger partial charge in [-0.25, -0.2) is 4.79 Å². The summed E-state index contributed by atoms with van der Waals surface area (Å²) in [7, 11) is 3.32. The topological polar surface area (TPSA) is 78.2 Å². The molecule has 1 aromatic heterocycles. The molecule has 2 aromatic rings. The van der Waals surface area contributed by atoms with Crippen molar-refractivity contribution in [3.8, 4) is 0 Å². The minimum atomic E-state index is -0.211. The first-order chi connectivity index (χ1) is 9.08. The number of carbonyl (C=O) groups excluding carboxylic acids is 1. The third-order valence-electron chi connectivity index (χ3n) is 2.96. The van der Waals surface area contributed by atoms with Crippen molar-refractivity contribution in [3.63, 3.8) is 0 Å². The van der Waals surface area contributed by atoms with Crippen molar-refractivity contribution in [1.29, 1.82) is 0 Å². The molecule has 0 atom stereocenters. The Morgan fingerprint density at radius 3 is 2.79 bits per heavy atom. The highest BCUT2D eigenvalue weighted by Gasteiger charge is 2.06. The number of ether oxygens (including phenoxy) is 1. The molecule has 6 nitrogen and oxygen atoms in total. The van der Waals surface area contributed by atoms with E-state index in [0.717, 1.165) is 16.6 Å². The van der Waals surface area contributed by atoms with Crippen LogP contribution in [-0.4, -0.2) is 41.5 Å². The second-order valence-corrected chi connectivity index (χ2v) is 4.52. The monoisotopic (exact) mass is 263 g/mol. The Balaban J connectivity index is 2.00. The molecule has 0 spiro atoms. The Morgan fingerprint density at radius 2 is 2.05 bits per heavy atom. The summed E-state index contributed by atoms with van der Waals surface area (Å²) in [6.45, 7) is 1.34. The maximum absolute atomic E-state index is 11.2. The van der Waals surface area contributed by atoms with Crippen molar-refractivity contribution in [2.75, 3.05) is 20.7 Å². The first kappa shape index (κ1) is 13.4. The molecule has 2 rings (SSSR count). The number of rotatable bonds is 5. The largest absolute Gasteiger partial charge is 0.469 e. The molecule has 0 aliphatic carbocycles. The van der Waals surface area contributed by atoms with E-state index in [4.69, 9.17) is 0 Å². The minimum Gasteiger partial charge on any atom is -0.469 e. The zero-order valence-electron chi connectivity index (χ0n) is 11.0. The first-order valence-corrected chi connectivity index (χ1v) is 6.05. The number of methoxy groups -OCH3 is 1. The van der Waals surface area contributed by atoms with E-state index in [2.05, 4.69) is 14.7 Å². The number of benzene rings is 1. The van der Waals surface area contributed by atoms with Crippen molar-refractivity contribution in [3.05, 3.63) is 34.2 Å². The fraction of sp³-hybridized carbons (Fsp3) is 0.385. The summed E-state index contributed by atoms with van der Waals surface area (Å²) in [5.41, 5.74) is 2.47. The number of aromatic nitrogens is 2. The Bertz CT molecular complexity index is 629. The van der Waals surface area contributed by atoms with Crippen LogP contribution in [0.25, 0.3) is 11.0 Å². The Labute approximate surface area is 110 Å². The molecule has 1 aromatic carbocycles. The first-order valence-electron chi connectivity index (χ1n) is 6.05. The van der Waals surface area contributed by atoms with Crippen molar-refractivity contribution >= 4 is 17.0 Å². The Hall–Kier alpha value is -2.08. The van der Waals surface area contributed by atoms with Crippen LogP contribution in [0.2, 0.25) is 0 Å². The Morgan fingerprint density at radius 1 is 1.32 bits per heavy atom. The quantitative estimate of drug-likeness (QED) is 0.784. The van der Waals surface area contributed by atoms with Crippen molar-refractivity contribution in [1.82, 2.24) is 14.9 Å². The van der Waals surface area contributed by atoms with Gasteiger partial charge in [0.2, 0.25) is 0 Å². The van der Waals surface area contributed by atoms with E-state index < -0.39 is 0 Å². The number of hydrogen-bond acceptors (Lipinski definition) is 4. The highest BCUT2D eigenvalue weighted by molar-refractivity contribution is 5.75. The summed E-state index contributed by atoms with van der Waals surface area (Å²) < 4.78 is 4.60. The smallest absolute Gasteiger partial charge is 0.323 e. The third kappa shape index (κ3) is 3.45. The van der Waals surface area contributed by atoms with Crippen LogP contribution in [0.5, 0.6) is 0 Å². The lowest BCUT2D eigenvalue weighted by atomic mass is 10.2. The zero-order chi connectivity index (χ0) is 13.8.